The summed E-state index contributed by atoms with van der Waals surface area (Å²) in [7, 11) is 1.89. The van der Waals surface area contributed by atoms with Gasteiger partial charge >= 0.3 is 0 Å². The first kappa shape index (κ1) is 26.0. The number of aryl methyl sites for hydroxylation is 2. The number of ketones is 1. The summed E-state index contributed by atoms with van der Waals surface area (Å²) in [5.41, 5.74) is 2.32. The number of Topliss-reactive ketones (excluding diaryl/α,β-unsaturated/α-hetero) is 1. The highest BCUT2D eigenvalue weighted by molar-refractivity contribution is 6.38. The summed E-state index contributed by atoms with van der Waals surface area (Å²) in [6, 6.07) is -1.80. The van der Waals surface area contributed by atoms with Crippen molar-refractivity contribution < 1.29 is 24.0 Å². The molecular formula is C28H38N6O5. The number of amides is 4. The molecule has 39 heavy (non-hydrogen) atoms. The smallest absolute Gasteiger partial charge is 0.289 e. The maximum atomic E-state index is 13.9. The number of fused-ring (bicyclic) bond motifs is 1. The second-order valence-corrected chi connectivity index (χ2v) is 12.4. The van der Waals surface area contributed by atoms with E-state index >= 15 is 0 Å². The number of nitrogens with one attached hydrogen (secondary N) is 3. The topological polar surface area (TPSA) is 142 Å². The fourth-order valence-corrected chi connectivity index (χ4v) is 6.65. The van der Waals surface area contributed by atoms with Crippen molar-refractivity contribution in [3.8, 4) is 0 Å². The molecule has 0 radical (unpaired) electrons. The zero-order valence-electron chi connectivity index (χ0n) is 22.5. The molecule has 4 atom stereocenters. The van der Waals surface area contributed by atoms with E-state index in [-0.39, 0.29) is 35.6 Å². The number of hydrogen-bond acceptors (Lipinski definition) is 6. The molecule has 210 valence electrons. The average Bonchev–Trinajstić information content (AvgIpc) is 3.83. The Hall–Kier alpha value is -3.24. The molecule has 11 heteroatoms. The molecule has 2 aliphatic heterocycles. The second-order valence-electron chi connectivity index (χ2n) is 12.4. The maximum Gasteiger partial charge on any atom is 0.289 e. The van der Waals surface area contributed by atoms with Crippen molar-refractivity contribution in [1.82, 2.24) is 30.6 Å². The lowest BCUT2D eigenvalue weighted by molar-refractivity contribution is -0.148. The van der Waals surface area contributed by atoms with Crippen molar-refractivity contribution >= 4 is 29.4 Å². The Kier molecular flexibility index (Phi) is 6.71. The molecule has 0 bridgehead atoms. The summed E-state index contributed by atoms with van der Waals surface area (Å²) in [5.74, 6) is -2.69. The normalized spacial score (nSPS) is 27.9. The predicted molar refractivity (Wildman–Crippen MR) is 139 cm³/mol. The lowest BCUT2D eigenvalue weighted by atomic mass is 9.83. The van der Waals surface area contributed by atoms with Crippen LogP contribution in [0.1, 0.15) is 69.0 Å². The van der Waals surface area contributed by atoms with Crippen LogP contribution in [-0.2, 0) is 43.9 Å². The first-order valence-electron chi connectivity index (χ1n) is 14.5. The van der Waals surface area contributed by atoms with Crippen molar-refractivity contribution in [3.05, 3.63) is 17.5 Å². The van der Waals surface area contributed by atoms with Gasteiger partial charge in [0.15, 0.2) is 0 Å². The van der Waals surface area contributed by atoms with Gasteiger partial charge in [-0.2, -0.15) is 5.10 Å². The van der Waals surface area contributed by atoms with Gasteiger partial charge in [-0.1, -0.05) is 0 Å². The molecular weight excluding hydrogens is 500 g/mol. The van der Waals surface area contributed by atoms with E-state index in [0.29, 0.717) is 38.8 Å². The van der Waals surface area contributed by atoms with Crippen LogP contribution in [0.5, 0.6) is 0 Å². The average molecular weight is 539 g/mol. The largest absolute Gasteiger partial charge is 0.356 e. The van der Waals surface area contributed by atoms with Crippen LogP contribution < -0.4 is 16.0 Å². The number of carbonyl (C=O) groups excluding carboxylic acids is 5. The number of rotatable bonds is 8. The number of hydrogen-bond donors (Lipinski definition) is 3. The monoisotopic (exact) mass is 538 g/mol. The highest BCUT2D eigenvalue weighted by Crippen LogP contribution is 2.55. The van der Waals surface area contributed by atoms with E-state index in [9.17, 15) is 24.0 Å². The minimum absolute atomic E-state index is 0.00389. The highest BCUT2D eigenvalue weighted by Gasteiger charge is 2.52. The van der Waals surface area contributed by atoms with Crippen LogP contribution in [-0.4, -0.2) is 75.3 Å². The zero-order valence-corrected chi connectivity index (χ0v) is 22.5. The minimum atomic E-state index is -1.11. The first-order chi connectivity index (χ1) is 18.7. The SMILES string of the molecule is Cn1ncc2c1CC(C(=O)N1CCC3(CC3)C[C@H]1C(=O)NC(C[C@@H]1CCNC1=O)C(=O)C(=O)NC1CC1)CC2. The van der Waals surface area contributed by atoms with Gasteiger partial charge in [-0.25, -0.2) is 0 Å². The van der Waals surface area contributed by atoms with Gasteiger partial charge < -0.3 is 20.9 Å². The summed E-state index contributed by atoms with van der Waals surface area (Å²) in [6.07, 6.45) is 9.78. The number of carbonyl (C=O) groups is 5. The van der Waals surface area contributed by atoms with Gasteiger partial charge in [0.2, 0.25) is 23.5 Å². The second kappa shape index (κ2) is 10.1. The molecule has 5 aliphatic rings. The summed E-state index contributed by atoms with van der Waals surface area (Å²) in [5, 5.41) is 12.7. The van der Waals surface area contributed by atoms with E-state index < -0.39 is 35.6 Å². The number of likely N-dealkylation sites (tertiary alicyclic amines) is 1. The fraction of sp³-hybridized carbons (Fsp3) is 0.714. The highest BCUT2D eigenvalue weighted by atomic mass is 16.2. The molecule has 11 nitrogen and oxygen atoms in total. The van der Waals surface area contributed by atoms with Gasteiger partial charge in [0.25, 0.3) is 5.91 Å². The van der Waals surface area contributed by atoms with Gasteiger partial charge in [0.05, 0.1) is 12.2 Å². The van der Waals surface area contributed by atoms with Gasteiger partial charge in [0.1, 0.15) is 6.04 Å². The Bertz CT molecular complexity index is 1200. The lowest BCUT2D eigenvalue weighted by Gasteiger charge is -2.41. The standard InChI is InChI=1S/C28H38N6O5/c1-33-21-13-17(2-3-18(21)15-30-33)27(39)34-11-9-28(7-8-28)14-22(34)25(37)32-20(12-16-6-10-29-24(16)36)23(35)26(38)31-19-4-5-19/h15-17,19-20,22H,2-14H2,1H3,(H,29,36)(H,31,38)(H,32,37)/t16-,17?,20?,22-/m0/s1. The van der Waals surface area contributed by atoms with Crippen LogP contribution in [0.4, 0.5) is 0 Å². The Labute approximate surface area is 227 Å². The van der Waals surface area contributed by atoms with Crippen molar-refractivity contribution in [2.75, 3.05) is 13.1 Å². The molecule has 3 aliphatic carbocycles. The molecule has 4 fully saturated rings. The molecule has 3 N–H and O–H groups in total. The van der Waals surface area contributed by atoms with E-state index in [4.69, 9.17) is 0 Å². The molecule has 1 aromatic rings. The molecule has 2 saturated carbocycles. The molecule has 0 aromatic carbocycles. The number of nitrogens with zero attached hydrogens (tertiary/aromatic N) is 3. The quantitative estimate of drug-likeness (QED) is 0.403. The van der Waals surface area contributed by atoms with E-state index in [0.717, 1.165) is 44.2 Å². The van der Waals surface area contributed by atoms with Crippen molar-refractivity contribution in [3.63, 3.8) is 0 Å². The van der Waals surface area contributed by atoms with Crippen molar-refractivity contribution in [2.24, 2.45) is 24.3 Å². The third kappa shape index (κ3) is 5.32. The van der Waals surface area contributed by atoms with Crippen LogP contribution in [0.3, 0.4) is 0 Å². The molecule has 1 spiro atoms. The lowest BCUT2D eigenvalue weighted by Crippen LogP contribution is -2.59. The van der Waals surface area contributed by atoms with Crippen molar-refractivity contribution in [1.29, 1.82) is 0 Å². The van der Waals surface area contributed by atoms with Crippen molar-refractivity contribution in [2.45, 2.75) is 88.8 Å². The van der Waals surface area contributed by atoms with E-state index in [1.165, 1.54) is 5.56 Å². The Morgan fingerprint density at radius 1 is 1.15 bits per heavy atom. The zero-order chi connectivity index (χ0) is 27.3. The number of piperidine rings is 1. The van der Waals surface area contributed by atoms with Gasteiger partial charge in [-0.05, 0) is 75.2 Å². The van der Waals surface area contributed by atoms with Crippen LogP contribution in [0.15, 0.2) is 6.20 Å². The Balaban J connectivity index is 1.19. The summed E-state index contributed by atoms with van der Waals surface area (Å²) in [4.78, 5) is 67.6. The van der Waals surface area contributed by atoms with Gasteiger partial charge in [-0.15, -0.1) is 0 Å². The molecule has 3 heterocycles. The van der Waals surface area contributed by atoms with Crippen LogP contribution in [0.2, 0.25) is 0 Å². The maximum absolute atomic E-state index is 13.9. The van der Waals surface area contributed by atoms with E-state index in [1.54, 1.807) is 4.90 Å². The van der Waals surface area contributed by atoms with Crippen LogP contribution in [0, 0.1) is 17.3 Å². The van der Waals surface area contributed by atoms with Gasteiger partial charge in [0, 0.05) is 50.1 Å². The minimum Gasteiger partial charge on any atom is -0.356 e. The summed E-state index contributed by atoms with van der Waals surface area (Å²) < 4.78 is 1.83. The molecule has 1 aromatic heterocycles. The molecule has 4 amide bonds. The predicted octanol–water partition coefficient (Wildman–Crippen LogP) is 0.155. The Morgan fingerprint density at radius 2 is 1.95 bits per heavy atom. The Morgan fingerprint density at radius 3 is 2.64 bits per heavy atom. The van der Waals surface area contributed by atoms with E-state index in [1.807, 2.05) is 17.9 Å². The van der Waals surface area contributed by atoms with Crippen LogP contribution >= 0.6 is 0 Å². The first-order valence-corrected chi connectivity index (χ1v) is 14.5. The summed E-state index contributed by atoms with van der Waals surface area (Å²) in [6.45, 7) is 1.03. The molecule has 6 rings (SSSR count). The molecule has 2 unspecified atom stereocenters. The third-order valence-corrected chi connectivity index (χ3v) is 9.58. The summed E-state index contributed by atoms with van der Waals surface area (Å²) >= 11 is 0. The van der Waals surface area contributed by atoms with Gasteiger partial charge in [-0.3, -0.25) is 28.7 Å². The molecule has 2 saturated heterocycles. The van der Waals surface area contributed by atoms with E-state index in [2.05, 4.69) is 21.0 Å². The third-order valence-electron chi connectivity index (χ3n) is 9.58. The number of aromatic nitrogens is 2. The van der Waals surface area contributed by atoms with Crippen LogP contribution in [0.25, 0.3) is 0 Å². The fourth-order valence-electron chi connectivity index (χ4n) is 6.65.